The second-order valence-corrected chi connectivity index (χ2v) is 6.17. The fourth-order valence-corrected chi connectivity index (χ4v) is 2.39. The van der Waals surface area contributed by atoms with Crippen molar-refractivity contribution < 1.29 is 19.1 Å². The lowest BCUT2D eigenvalue weighted by Crippen LogP contribution is -2.32. The molecule has 0 saturated carbocycles. The van der Waals surface area contributed by atoms with Gasteiger partial charge >= 0.3 is 5.97 Å². The Morgan fingerprint density at radius 2 is 1.75 bits per heavy atom. The largest absolute Gasteiger partial charge is 0.497 e. The Labute approximate surface area is 169 Å². The zero-order chi connectivity index (χ0) is 20.4. The Bertz CT molecular complexity index is 846. The molecule has 0 fully saturated rings. The van der Waals surface area contributed by atoms with Gasteiger partial charge in [-0.3, -0.25) is 10.1 Å². The van der Waals surface area contributed by atoms with Crippen LogP contribution in [0.3, 0.4) is 0 Å². The van der Waals surface area contributed by atoms with E-state index in [1.54, 1.807) is 37.5 Å². The van der Waals surface area contributed by atoms with Crippen LogP contribution in [0.4, 0.5) is 5.69 Å². The highest BCUT2D eigenvalue weighted by molar-refractivity contribution is 7.80. The molecular weight excluding hydrogens is 376 g/mol. The minimum atomic E-state index is -0.368. The summed E-state index contributed by atoms with van der Waals surface area (Å²) in [5.74, 6) is 0.0256. The smallest absolute Gasteiger partial charge is 0.338 e. The summed E-state index contributed by atoms with van der Waals surface area (Å²) < 4.78 is 10.2. The van der Waals surface area contributed by atoms with E-state index in [4.69, 9.17) is 21.7 Å². The average Bonchev–Trinajstić information content (AvgIpc) is 2.71. The van der Waals surface area contributed by atoms with Gasteiger partial charge in [0.15, 0.2) is 5.11 Å². The quantitative estimate of drug-likeness (QED) is 0.420. The van der Waals surface area contributed by atoms with Crippen molar-refractivity contribution in [3.63, 3.8) is 0 Å². The zero-order valence-electron chi connectivity index (χ0n) is 15.7. The molecule has 1 amide bonds. The maximum absolute atomic E-state index is 12.0. The number of esters is 1. The van der Waals surface area contributed by atoms with Crippen LogP contribution in [0, 0.1) is 0 Å². The van der Waals surface area contributed by atoms with E-state index >= 15 is 0 Å². The first-order valence-corrected chi connectivity index (χ1v) is 9.14. The molecule has 0 spiro atoms. The third kappa shape index (κ3) is 6.85. The Balaban J connectivity index is 1.84. The molecular formula is C21H22N2O4S. The number of hydrogen-bond donors (Lipinski definition) is 2. The molecule has 0 aliphatic rings. The second kappa shape index (κ2) is 10.8. The van der Waals surface area contributed by atoms with E-state index in [0.717, 1.165) is 17.7 Å². The molecule has 7 heteroatoms. The van der Waals surface area contributed by atoms with Gasteiger partial charge in [-0.05, 0) is 66.7 Å². The van der Waals surface area contributed by atoms with Gasteiger partial charge in [-0.15, -0.1) is 0 Å². The third-order valence-electron chi connectivity index (χ3n) is 3.60. The van der Waals surface area contributed by atoms with Crippen LogP contribution in [0.1, 0.15) is 29.3 Å². The van der Waals surface area contributed by atoms with Crippen molar-refractivity contribution in [3.05, 3.63) is 65.7 Å². The molecule has 2 N–H and O–H groups in total. The summed E-state index contributed by atoms with van der Waals surface area (Å²) in [5.41, 5.74) is 1.97. The summed E-state index contributed by atoms with van der Waals surface area (Å²) in [7, 11) is 1.60. The monoisotopic (exact) mass is 398 g/mol. The normalized spacial score (nSPS) is 10.4. The van der Waals surface area contributed by atoms with Crippen molar-refractivity contribution >= 4 is 41.0 Å². The Morgan fingerprint density at radius 1 is 1.07 bits per heavy atom. The number of methoxy groups -OCH3 is 1. The summed E-state index contributed by atoms with van der Waals surface area (Å²) in [6, 6.07) is 13.9. The molecule has 0 radical (unpaired) electrons. The van der Waals surface area contributed by atoms with E-state index in [9.17, 15) is 9.59 Å². The molecule has 0 saturated heterocycles. The highest BCUT2D eigenvalue weighted by atomic mass is 32.1. The maximum Gasteiger partial charge on any atom is 0.338 e. The molecule has 0 heterocycles. The van der Waals surface area contributed by atoms with Crippen LogP contribution in [-0.4, -0.2) is 30.7 Å². The van der Waals surface area contributed by atoms with Gasteiger partial charge < -0.3 is 14.8 Å². The molecule has 0 aromatic heterocycles. The lowest BCUT2D eigenvalue weighted by atomic mass is 10.2. The van der Waals surface area contributed by atoms with Crippen molar-refractivity contribution in [2.45, 2.75) is 13.3 Å². The minimum absolute atomic E-state index is 0.158. The number of carbonyl (C=O) groups is 2. The zero-order valence-corrected chi connectivity index (χ0v) is 16.5. The first-order valence-electron chi connectivity index (χ1n) is 8.73. The number of anilines is 1. The predicted molar refractivity (Wildman–Crippen MR) is 113 cm³/mol. The van der Waals surface area contributed by atoms with Crippen molar-refractivity contribution in [1.29, 1.82) is 0 Å². The fraction of sp³-hybridized carbons (Fsp3) is 0.190. The van der Waals surface area contributed by atoms with Crippen molar-refractivity contribution in [2.24, 2.45) is 0 Å². The van der Waals surface area contributed by atoms with Gasteiger partial charge in [0.25, 0.3) is 0 Å². The topological polar surface area (TPSA) is 76.7 Å². The lowest BCUT2D eigenvalue weighted by molar-refractivity contribution is -0.115. The van der Waals surface area contributed by atoms with Gasteiger partial charge in [0, 0.05) is 11.8 Å². The summed E-state index contributed by atoms with van der Waals surface area (Å²) in [6.45, 7) is 2.32. The molecule has 2 rings (SSSR count). The van der Waals surface area contributed by atoms with Gasteiger partial charge in [-0.25, -0.2) is 4.79 Å². The fourth-order valence-electron chi connectivity index (χ4n) is 2.17. The van der Waals surface area contributed by atoms with Gasteiger partial charge in [-0.1, -0.05) is 19.1 Å². The van der Waals surface area contributed by atoms with Crippen molar-refractivity contribution in [3.8, 4) is 5.75 Å². The highest BCUT2D eigenvalue weighted by Crippen LogP contribution is 2.12. The number of rotatable bonds is 7. The molecule has 146 valence electrons. The van der Waals surface area contributed by atoms with Crippen LogP contribution in [0.25, 0.3) is 6.08 Å². The highest BCUT2D eigenvalue weighted by Gasteiger charge is 2.07. The second-order valence-electron chi connectivity index (χ2n) is 5.76. The maximum atomic E-state index is 12.0. The van der Waals surface area contributed by atoms with Gasteiger partial charge in [0.05, 0.1) is 19.3 Å². The van der Waals surface area contributed by atoms with E-state index in [2.05, 4.69) is 10.6 Å². The van der Waals surface area contributed by atoms with E-state index in [1.807, 2.05) is 31.2 Å². The lowest BCUT2D eigenvalue weighted by Gasteiger charge is -2.09. The minimum Gasteiger partial charge on any atom is -0.497 e. The summed E-state index contributed by atoms with van der Waals surface area (Å²) >= 11 is 5.13. The molecule has 2 aromatic rings. The van der Waals surface area contributed by atoms with Gasteiger partial charge in [-0.2, -0.15) is 0 Å². The third-order valence-corrected chi connectivity index (χ3v) is 3.80. The molecule has 0 unspecified atom stereocenters. The number of benzene rings is 2. The average molecular weight is 398 g/mol. The molecule has 0 aliphatic heterocycles. The van der Waals surface area contributed by atoms with Crippen LogP contribution < -0.4 is 15.4 Å². The van der Waals surface area contributed by atoms with E-state index in [1.165, 1.54) is 6.08 Å². The number of carbonyl (C=O) groups excluding carboxylic acids is 2. The SMILES string of the molecule is CCCOC(=O)c1ccc(NC(=S)NC(=O)C=Cc2ccc(OC)cc2)cc1. The van der Waals surface area contributed by atoms with Crippen LogP contribution in [0.15, 0.2) is 54.6 Å². The Hall–Kier alpha value is -3.19. The molecule has 6 nitrogen and oxygen atoms in total. The number of thiocarbonyl (C=S) groups is 1. The molecule has 0 atom stereocenters. The summed E-state index contributed by atoms with van der Waals surface area (Å²) in [4.78, 5) is 23.7. The number of hydrogen-bond acceptors (Lipinski definition) is 5. The van der Waals surface area contributed by atoms with E-state index in [0.29, 0.717) is 17.9 Å². The first kappa shape index (κ1) is 21.1. The first-order chi connectivity index (χ1) is 13.5. The van der Waals surface area contributed by atoms with Crippen molar-refractivity contribution in [1.82, 2.24) is 5.32 Å². The Kier molecular flexibility index (Phi) is 8.17. The molecule has 0 aliphatic carbocycles. The predicted octanol–water partition coefficient (Wildman–Crippen LogP) is 3.79. The molecule has 28 heavy (non-hydrogen) atoms. The van der Waals surface area contributed by atoms with E-state index < -0.39 is 0 Å². The summed E-state index contributed by atoms with van der Waals surface area (Å²) in [6.07, 6.45) is 3.84. The molecule has 0 bridgehead atoms. The molecule has 2 aromatic carbocycles. The Morgan fingerprint density at radius 3 is 2.36 bits per heavy atom. The standard InChI is InChI=1S/C21H22N2O4S/c1-3-14-27-20(25)16-7-9-17(10-8-16)22-21(28)23-19(24)13-6-15-4-11-18(26-2)12-5-15/h4-13H,3,14H2,1-2H3,(H2,22,23,24,28). The van der Waals surface area contributed by atoms with Crippen LogP contribution in [0.5, 0.6) is 5.75 Å². The van der Waals surface area contributed by atoms with E-state index in [-0.39, 0.29) is 17.0 Å². The number of amides is 1. The van der Waals surface area contributed by atoms with Crippen LogP contribution in [-0.2, 0) is 9.53 Å². The van der Waals surface area contributed by atoms with Crippen LogP contribution in [0.2, 0.25) is 0 Å². The summed E-state index contributed by atoms with van der Waals surface area (Å²) in [5, 5.41) is 5.62. The van der Waals surface area contributed by atoms with Gasteiger partial charge in [0.1, 0.15) is 5.75 Å². The van der Waals surface area contributed by atoms with Crippen molar-refractivity contribution in [2.75, 3.05) is 19.0 Å². The van der Waals surface area contributed by atoms with Crippen LogP contribution >= 0.6 is 12.2 Å². The number of nitrogens with one attached hydrogen (secondary N) is 2. The van der Waals surface area contributed by atoms with Gasteiger partial charge in [0.2, 0.25) is 5.91 Å². The number of ether oxygens (including phenoxy) is 2.